The van der Waals surface area contributed by atoms with E-state index in [4.69, 9.17) is 15.9 Å². The molecule has 0 fully saturated rings. The topological polar surface area (TPSA) is 62.5 Å². The minimum Gasteiger partial charge on any atom is -0.475 e. The Morgan fingerprint density at radius 3 is 2.73 bits per heavy atom. The minimum absolute atomic E-state index is 0.0630. The molecule has 15 heavy (non-hydrogen) atoms. The van der Waals surface area contributed by atoms with E-state index in [1.807, 2.05) is 13.8 Å². The van der Waals surface area contributed by atoms with Gasteiger partial charge in [-0.3, -0.25) is 5.32 Å². The Morgan fingerprint density at radius 2 is 2.27 bits per heavy atom. The lowest BCUT2D eigenvalue weighted by atomic mass is 10.2. The van der Waals surface area contributed by atoms with Crippen LogP contribution in [0.2, 0.25) is 0 Å². The Kier molecular flexibility index (Phi) is 3.53. The average Bonchev–Trinajstić information content (AvgIpc) is 2.66. The third kappa shape index (κ3) is 2.86. The van der Waals surface area contributed by atoms with Crippen LogP contribution in [0.15, 0.2) is 16.5 Å². The molecule has 2 atom stereocenters. The highest BCUT2D eigenvalue weighted by atomic mass is 16.4. The first-order chi connectivity index (χ1) is 7.04. The van der Waals surface area contributed by atoms with Crippen molar-refractivity contribution in [3.8, 4) is 12.3 Å². The third-order valence-corrected chi connectivity index (χ3v) is 2.01. The van der Waals surface area contributed by atoms with Crippen LogP contribution in [0.3, 0.4) is 0 Å². The molecule has 1 aromatic heterocycles. The van der Waals surface area contributed by atoms with Crippen LogP contribution in [0, 0.1) is 12.3 Å². The van der Waals surface area contributed by atoms with Crippen LogP contribution in [0.5, 0.6) is 0 Å². The monoisotopic (exact) mass is 207 g/mol. The Bertz CT molecular complexity index is 389. The molecule has 4 heteroatoms. The molecule has 0 aliphatic carbocycles. The number of carboxylic acid groups (broad SMARTS) is 1. The molecular formula is C11H13NO3. The average molecular weight is 207 g/mol. The predicted molar refractivity (Wildman–Crippen MR) is 55.5 cm³/mol. The fourth-order valence-corrected chi connectivity index (χ4v) is 1.21. The van der Waals surface area contributed by atoms with E-state index in [-0.39, 0.29) is 17.8 Å². The summed E-state index contributed by atoms with van der Waals surface area (Å²) in [4.78, 5) is 10.6. The van der Waals surface area contributed by atoms with Gasteiger partial charge < -0.3 is 9.52 Å². The fraction of sp³-hybridized carbons (Fsp3) is 0.364. The van der Waals surface area contributed by atoms with E-state index in [2.05, 4.69) is 11.2 Å². The van der Waals surface area contributed by atoms with Crippen LogP contribution in [-0.4, -0.2) is 17.1 Å². The quantitative estimate of drug-likeness (QED) is 0.737. The summed E-state index contributed by atoms with van der Waals surface area (Å²) in [5.41, 5.74) is 0. The molecular weight excluding hydrogens is 194 g/mol. The van der Waals surface area contributed by atoms with Crippen molar-refractivity contribution < 1.29 is 14.3 Å². The minimum atomic E-state index is -1.07. The zero-order valence-electron chi connectivity index (χ0n) is 8.65. The fourth-order valence-electron chi connectivity index (χ4n) is 1.21. The van der Waals surface area contributed by atoms with Crippen molar-refractivity contribution in [2.45, 2.75) is 25.9 Å². The molecule has 0 bridgehead atoms. The summed E-state index contributed by atoms with van der Waals surface area (Å²) in [6.45, 7) is 3.70. The Labute approximate surface area is 88.3 Å². The van der Waals surface area contributed by atoms with E-state index in [0.717, 1.165) is 0 Å². The van der Waals surface area contributed by atoms with Crippen LogP contribution in [0.25, 0.3) is 0 Å². The number of furan rings is 1. The first-order valence-corrected chi connectivity index (χ1v) is 4.59. The van der Waals surface area contributed by atoms with E-state index >= 15 is 0 Å². The van der Waals surface area contributed by atoms with E-state index in [1.54, 1.807) is 6.07 Å². The van der Waals surface area contributed by atoms with Crippen LogP contribution in [0.4, 0.5) is 0 Å². The SMILES string of the molecule is C#CC(C)NC(C)c1ccc(C(=O)O)o1. The van der Waals surface area contributed by atoms with E-state index in [9.17, 15) is 4.79 Å². The molecule has 0 amide bonds. The smallest absolute Gasteiger partial charge is 0.371 e. The number of carbonyl (C=O) groups is 1. The van der Waals surface area contributed by atoms with Crippen LogP contribution in [0.1, 0.15) is 36.2 Å². The summed E-state index contributed by atoms with van der Waals surface area (Å²) in [5.74, 6) is 1.96. The van der Waals surface area contributed by atoms with Gasteiger partial charge >= 0.3 is 5.97 Å². The summed E-state index contributed by atoms with van der Waals surface area (Å²) < 4.78 is 5.12. The zero-order valence-corrected chi connectivity index (χ0v) is 8.65. The number of carboxylic acids is 1. The molecule has 0 aromatic carbocycles. The van der Waals surface area contributed by atoms with Gasteiger partial charge in [0.2, 0.25) is 5.76 Å². The van der Waals surface area contributed by atoms with Crippen molar-refractivity contribution in [2.75, 3.05) is 0 Å². The summed E-state index contributed by atoms with van der Waals surface area (Å²) in [6, 6.07) is 2.86. The molecule has 1 rings (SSSR count). The summed E-state index contributed by atoms with van der Waals surface area (Å²) in [7, 11) is 0. The predicted octanol–water partition coefficient (Wildman–Crippen LogP) is 1.65. The second-order valence-electron chi connectivity index (χ2n) is 3.28. The van der Waals surface area contributed by atoms with Crippen molar-refractivity contribution in [1.29, 1.82) is 0 Å². The molecule has 4 nitrogen and oxygen atoms in total. The second-order valence-corrected chi connectivity index (χ2v) is 3.28. The standard InChI is InChI=1S/C11H13NO3/c1-4-7(2)12-8(3)9-5-6-10(15-9)11(13)14/h1,5-8,12H,2-3H3,(H,13,14). The van der Waals surface area contributed by atoms with E-state index < -0.39 is 5.97 Å². The van der Waals surface area contributed by atoms with Crippen molar-refractivity contribution in [3.63, 3.8) is 0 Å². The van der Waals surface area contributed by atoms with Gasteiger partial charge in [-0.25, -0.2) is 4.79 Å². The normalized spacial score (nSPS) is 14.2. The van der Waals surface area contributed by atoms with Gasteiger partial charge in [-0.1, -0.05) is 5.92 Å². The number of aromatic carboxylic acids is 1. The summed E-state index contributed by atoms with van der Waals surface area (Å²) >= 11 is 0. The van der Waals surface area contributed by atoms with Crippen molar-refractivity contribution >= 4 is 5.97 Å². The van der Waals surface area contributed by atoms with E-state index in [0.29, 0.717) is 5.76 Å². The van der Waals surface area contributed by atoms with Crippen LogP contribution < -0.4 is 5.32 Å². The highest BCUT2D eigenvalue weighted by Crippen LogP contribution is 2.16. The number of hydrogen-bond acceptors (Lipinski definition) is 3. The maximum atomic E-state index is 10.6. The first kappa shape index (κ1) is 11.3. The zero-order chi connectivity index (χ0) is 11.4. The molecule has 1 aromatic rings. The van der Waals surface area contributed by atoms with Gasteiger partial charge in [0, 0.05) is 0 Å². The molecule has 0 saturated heterocycles. The van der Waals surface area contributed by atoms with Gasteiger partial charge in [0.1, 0.15) is 5.76 Å². The van der Waals surface area contributed by atoms with Gasteiger partial charge in [0.15, 0.2) is 0 Å². The molecule has 0 radical (unpaired) electrons. The van der Waals surface area contributed by atoms with Crippen LogP contribution >= 0.6 is 0 Å². The van der Waals surface area contributed by atoms with Gasteiger partial charge in [-0.05, 0) is 26.0 Å². The molecule has 2 unspecified atom stereocenters. The number of rotatable bonds is 4. The van der Waals surface area contributed by atoms with Gasteiger partial charge in [0.05, 0.1) is 12.1 Å². The van der Waals surface area contributed by atoms with Gasteiger partial charge in [-0.15, -0.1) is 6.42 Å². The maximum Gasteiger partial charge on any atom is 0.371 e. The van der Waals surface area contributed by atoms with Crippen molar-refractivity contribution in [1.82, 2.24) is 5.32 Å². The Morgan fingerprint density at radius 1 is 1.60 bits per heavy atom. The molecule has 0 saturated carbocycles. The second kappa shape index (κ2) is 4.67. The number of terminal acetylenes is 1. The summed E-state index contributed by atoms with van der Waals surface area (Å²) in [6.07, 6.45) is 5.21. The van der Waals surface area contributed by atoms with Gasteiger partial charge in [-0.2, -0.15) is 0 Å². The third-order valence-electron chi connectivity index (χ3n) is 2.01. The molecule has 80 valence electrons. The van der Waals surface area contributed by atoms with Crippen molar-refractivity contribution in [3.05, 3.63) is 23.7 Å². The highest BCUT2D eigenvalue weighted by Gasteiger charge is 2.14. The lowest BCUT2D eigenvalue weighted by Gasteiger charge is -2.13. The molecule has 2 N–H and O–H groups in total. The lowest BCUT2D eigenvalue weighted by molar-refractivity contribution is 0.0659. The van der Waals surface area contributed by atoms with E-state index in [1.165, 1.54) is 6.07 Å². The van der Waals surface area contributed by atoms with Crippen molar-refractivity contribution in [2.24, 2.45) is 0 Å². The number of nitrogens with one attached hydrogen (secondary N) is 1. The first-order valence-electron chi connectivity index (χ1n) is 4.59. The molecule has 0 spiro atoms. The highest BCUT2D eigenvalue weighted by molar-refractivity contribution is 5.84. The lowest BCUT2D eigenvalue weighted by Crippen LogP contribution is -2.27. The maximum absolute atomic E-state index is 10.6. The Hall–Kier alpha value is -1.73. The molecule has 0 aliphatic rings. The van der Waals surface area contributed by atoms with Gasteiger partial charge in [0.25, 0.3) is 0 Å². The molecule has 0 aliphatic heterocycles. The number of hydrogen-bond donors (Lipinski definition) is 2. The summed E-state index contributed by atoms with van der Waals surface area (Å²) in [5, 5.41) is 11.7. The molecule has 1 heterocycles. The van der Waals surface area contributed by atoms with Crippen LogP contribution in [-0.2, 0) is 0 Å². The Balaban J connectivity index is 2.71. The largest absolute Gasteiger partial charge is 0.475 e.